The first-order valence-corrected chi connectivity index (χ1v) is 8.49. The molecule has 2 nitrogen and oxygen atoms in total. The van der Waals surface area contributed by atoms with Gasteiger partial charge in [-0.3, -0.25) is 0 Å². The summed E-state index contributed by atoms with van der Waals surface area (Å²) >= 11 is 2.02. The van der Waals surface area contributed by atoms with Crippen LogP contribution >= 0.6 is 11.3 Å². The number of ether oxygens (including phenoxy) is 1. The highest BCUT2D eigenvalue weighted by Crippen LogP contribution is 2.30. The Morgan fingerprint density at radius 2 is 2.32 bits per heavy atom. The van der Waals surface area contributed by atoms with Gasteiger partial charge >= 0.3 is 0 Å². The molecule has 0 saturated carbocycles. The van der Waals surface area contributed by atoms with Crippen molar-refractivity contribution in [1.82, 2.24) is 5.32 Å². The standard InChI is InChI=1S/C16H25NOS/c1-11(2)15-9-13(6-7-18-15)17-10-14-8-12-4-3-5-16(12)19-14/h8,11,13,15,17H,3-7,9-10H2,1-2H3. The summed E-state index contributed by atoms with van der Waals surface area (Å²) in [5.41, 5.74) is 1.62. The molecule has 2 unspecified atom stereocenters. The van der Waals surface area contributed by atoms with Crippen LogP contribution in [0.3, 0.4) is 0 Å². The predicted octanol–water partition coefficient (Wildman–Crippen LogP) is 3.53. The van der Waals surface area contributed by atoms with Crippen molar-refractivity contribution in [3.05, 3.63) is 21.4 Å². The molecule has 1 saturated heterocycles. The summed E-state index contributed by atoms with van der Waals surface area (Å²) in [4.78, 5) is 3.17. The van der Waals surface area contributed by atoms with Gasteiger partial charge < -0.3 is 10.1 Å². The maximum Gasteiger partial charge on any atom is 0.0612 e. The van der Waals surface area contributed by atoms with E-state index in [-0.39, 0.29) is 0 Å². The summed E-state index contributed by atoms with van der Waals surface area (Å²) in [6, 6.07) is 3.07. The first kappa shape index (κ1) is 13.6. The molecule has 1 aliphatic heterocycles. The number of nitrogens with one attached hydrogen (secondary N) is 1. The molecule has 2 heterocycles. The number of fused-ring (bicyclic) bond motifs is 1. The number of rotatable bonds is 4. The van der Waals surface area contributed by atoms with E-state index in [1.165, 1.54) is 30.6 Å². The van der Waals surface area contributed by atoms with E-state index in [4.69, 9.17) is 4.74 Å². The van der Waals surface area contributed by atoms with Crippen LogP contribution in [-0.4, -0.2) is 18.8 Å². The van der Waals surface area contributed by atoms with Gasteiger partial charge in [0.05, 0.1) is 6.10 Å². The molecule has 1 aliphatic carbocycles. The van der Waals surface area contributed by atoms with Crippen LogP contribution in [0.25, 0.3) is 0 Å². The van der Waals surface area contributed by atoms with Gasteiger partial charge in [0.2, 0.25) is 0 Å². The van der Waals surface area contributed by atoms with E-state index in [1.807, 2.05) is 11.3 Å². The second-order valence-corrected chi connectivity index (χ2v) is 7.49. The molecule has 1 aromatic heterocycles. The number of hydrogen-bond donors (Lipinski definition) is 1. The van der Waals surface area contributed by atoms with Crippen molar-refractivity contribution in [2.45, 2.75) is 64.6 Å². The van der Waals surface area contributed by atoms with E-state index in [2.05, 4.69) is 25.2 Å². The van der Waals surface area contributed by atoms with Crippen molar-refractivity contribution < 1.29 is 4.74 Å². The van der Waals surface area contributed by atoms with E-state index in [9.17, 15) is 0 Å². The highest BCUT2D eigenvalue weighted by atomic mass is 32.1. The zero-order valence-electron chi connectivity index (χ0n) is 12.1. The number of hydrogen-bond acceptors (Lipinski definition) is 3. The van der Waals surface area contributed by atoms with Crippen LogP contribution < -0.4 is 5.32 Å². The Bertz CT molecular complexity index is 405. The van der Waals surface area contributed by atoms with Crippen LogP contribution in [0.5, 0.6) is 0 Å². The minimum Gasteiger partial charge on any atom is -0.378 e. The third-order valence-electron chi connectivity index (χ3n) is 4.42. The van der Waals surface area contributed by atoms with Crippen molar-refractivity contribution >= 4 is 11.3 Å². The highest BCUT2D eigenvalue weighted by molar-refractivity contribution is 7.12. The lowest BCUT2D eigenvalue weighted by Crippen LogP contribution is -2.40. The lowest BCUT2D eigenvalue weighted by Gasteiger charge is -2.32. The molecule has 3 rings (SSSR count). The average molecular weight is 279 g/mol. The minimum absolute atomic E-state index is 0.444. The molecule has 1 aromatic rings. The molecule has 0 amide bonds. The normalized spacial score (nSPS) is 26.9. The number of thiophene rings is 1. The lowest BCUT2D eigenvalue weighted by molar-refractivity contribution is -0.0245. The van der Waals surface area contributed by atoms with Crippen LogP contribution in [0, 0.1) is 5.92 Å². The van der Waals surface area contributed by atoms with Gasteiger partial charge in [0.15, 0.2) is 0 Å². The fourth-order valence-electron chi connectivity index (χ4n) is 3.20. The van der Waals surface area contributed by atoms with Crippen LogP contribution in [-0.2, 0) is 24.1 Å². The Balaban J connectivity index is 1.51. The molecule has 0 bridgehead atoms. The van der Waals surface area contributed by atoms with Crippen LogP contribution in [0.4, 0.5) is 0 Å². The molecule has 3 heteroatoms. The smallest absolute Gasteiger partial charge is 0.0612 e. The molecule has 2 atom stereocenters. The summed E-state index contributed by atoms with van der Waals surface area (Å²) in [5.74, 6) is 0.634. The van der Waals surface area contributed by atoms with E-state index >= 15 is 0 Å². The Hall–Kier alpha value is -0.380. The summed E-state index contributed by atoms with van der Waals surface area (Å²) in [6.07, 6.45) is 6.76. The fourth-order valence-corrected chi connectivity index (χ4v) is 4.41. The van der Waals surface area contributed by atoms with Crippen LogP contribution in [0.1, 0.15) is 48.4 Å². The summed E-state index contributed by atoms with van der Waals surface area (Å²) < 4.78 is 5.83. The largest absolute Gasteiger partial charge is 0.378 e. The molecule has 0 aromatic carbocycles. The quantitative estimate of drug-likeness (QED) is 0.910. The number of aryl methyl sites for hydroxylation is 2. The molecule has 106 valence electrons. The second-order valence-electron chi connectivity index (χ2n) is 6.27. The first-order valence-electron chi connectivity index (χ1n) is 7.68. The Labute approximate surface area is 120 Å². The third-order valence-corrected chi connectivity index (χ3v) is 5.66. The van der Waals surface area contributed by atoms with Gasteiger partial charge in [-0.2, -0.15) is 0 Å². The third kappa shape index (κ3) is 3.21. The van der Waals surface area contributed by atoms with Crippen molar-refractivity contribution in [3.8, 4) is 0 Å². The molecule has 2 aliphatic rings. The SMILES string of the molecule is CC(C)C1CC(NCc2cc3c(s2)CCC3)CCO1. The topological polar surface area (TPSA) is 21.3 Å². The van der Waals surface area contributed by atoms with Gasteiger partial charge in [-0.05, 0) is 49.7 Å². The van der Waals surface area contributed by atoms with Gasteiger partial charge in [-0.15, -0.1) is 11.3 Å². The van der Waals surface area contributed by atoms with Crippen molar-refractivity contribution in [2.24, 2.45) is 5.92 Å². The van der Waals surface area contributed by atoms with Gasteiger partial charge in [-0.25, -0.2) is 0 Å². The highest BCUT2D eigenvalue weighted by Gasteiger charge is 2.24. The van der Waals surface area contributed by atoms with Crippen molar-refractivity contribution in [1.29, 1.82) is 0 Å². The summed E-state index contributed by atoms with van der Waals surface area (Å²) in [6.45, 7) is 6.49. The van der Waals surface area contributed by atoms with Crippen LogP contribution in [0.2, 0.25) is 0 Å². The van der Waals surface area contributed by atoms with E-state index < -0.39 is 0 Å². The summed E-state index contributed by atoms with van der Waals surface area (Å²) in [7, 11) is 0. The lowest BCUT2D eigenvalue weighted by atomic mass is 9.95. The maximum atomic E-state index is 5.83. The molecule has 1 N–H and O–H groups in total. The zero-order chi connectivity index (χ0) is 13.2. The first-order chi connectivity index (χ1) is 9.22. The van der Waals surface area contributed by atoms with E-state index in [1.54, 1.807) is 10.4 Å². The summed E-state index contributed by atoms with van der Waals surface area (Å²) in [5, 5.41) is 3.74. The average Bonchev–Trinajstić information content (AvgIpc) is 2.97. The monoisotopic (exact) mass is 279 g/mol. The molecule has 1 fully saturated rings. The molecule has 0 spiro atoms. The zero-order valence-corrected chi connectivity index (χ0v) is 12.9. The van der Waals surface area contributed by atoms with Crippen molar-refractivity contribution in [3.63, 3.8) is 0 Å². The van der Waals surface area contributed by atoms with Gasteiger partial charge in [0, 0.05) is 28.9 Å². The molecule has 19 heavy (non-hydrogen) atoms. The predicted molar refractivity (Wildman–Crippen MR) is 80.8 cm³/mol. The Morgan fingerprint density at radius 1 is 1.42 bits per heavy atom. The Kier molecular flexibility index (Phi) is 4.25. The Morgan fingerprint density at radius 3 is 3.11 bits per heavy atom. The van der Waals surface area contributed by atoms with Crippen LogP contribution in [0.15, 0.2) is 6.07 Å². The maximum absolute atomic E-state index is 5.83. The van der Waals surface area contributed by atoms with E-state index in [0.29, 0.717) is 18.1 Å². The molecule has 0 radical (unpaired) electrons. The molecular formula is C16H25NOS. The van der Waals surface area contributed by atoms with E-state index in [0.717, 1.165) is 19.6 Å². The van der Waals surface area contributed by atoms with Gasteiger partial charge in [0.1, 0.15) is 0 Å². The van der Waals surface area contributed by atoms with Gasteiger partial charge in [0.25, 0.3) is 0 Å². The molecular weight excluding hydrogens is 254 g/mol. The van der Waals surface area contributed by atoms with Crippen molar-refractivity contribution in [2.75, 3.05) is 6.61 Å². The van der Waals surface area contributed by atoms with Gasteiger partial charge in [-0.1, -0.05) is 13.8 Å². The fraction of sp³-hybridized carbons (Fsp3) is 0.750. The minimum atomic E-state index is 0.444. The second kappa shape index (κ2) is 5.94.